The van der Waals surface area contributed by atoms with Gasteiger partial charge in [0, 0.05) is 57.2 Å². The molecule has 0 saturated carbocycles. The summed E-state index contributed by atoms with van der Waals surface area (Å²) < 4.78 is 71.5. The maximum atomic E-state index is 13.0. The van der Waals surface area contributed by atoms with Crippen LogP contribution in [0.2, 0.25) is 0 Å². The van der Waals surface area contributed by atoms with Crippen LogP contribution in [-0.4, -0.2) is 82.4 Å². The van der Waals surface area contributed by atoms with Crippen molar-refractivity contribution in [1.82, 2.24) is 4.90 Å². The third kappa shape index (κ3) is 9.11. The van der Waals surface area contributed by atoms with Crippen molar-refractivity contribution in [3.05, 3.63) is 120 Å². The summed E-state index contributed by atoms with van der Waals surface area (Å²) in [6.07, 6.45) is 2.56. The molecule has 0 bridgehead atoms. The number of rotatable bonds is 7. The van der Waals surface area contributed by atoms with Crippen molar-refractivity contribution in [2.75, 3.05) is 49.6 Å². The van der Waals surface area contributed by atoms with Gasteiger partial charge in [-0.3, -0.25) is 13.9 Å². The van der Waals surface area contributed by atoms with E-state index in [1.54, 1.807) is 48.5 Å². The zero-order chi connectivity index (χ0) is 35.2. The molecule has 260 valence electrons. The Morgan fingerprint density at radius 3 is 1.92 bits per heavy atom. The van der Waals surface area contributed by atoms with Gasteiger partial charge in [-0.05, 0) is 79.5 Å². The summed E-state index contributed by atoms with van der Waals surface area (Å²) in [5.41, 5.74) is 4.95. The van der Waals surface area contributed by atoms with Crippen molar-refractivity contribution in [3.63, 3.8) is 0 Å². The van der Waals surface area contributed by atoms with Gasteiger partial charge in [-0.25, -0.2) is 4.39 Å². The van der Waals surface area contributed by atoms with Gasteiger partial charge in [0.15, 0.2) is 5.78 Å². The van der Waals surface area contributed by atoms with Crippen LogP contribution in [0.5, 0.6) is 0 Å². The molecule has 7 rings (SSSR count). The number of hydrogen-bond acceptors (Lipinski definition) is 8. The number of halogens is 1. The van der Waals surface area contributed by atoms with E-state index in [9.17, 15) is 26.0 Å². The van der Waals surface area contributed by atoms with E-state index < -0.39 is 20.2 Å². The van der Waals surface area contributed by atoms with E-state index in [0.717, 1.165) is 39.1 Å². The molecule has 13 heteroatoms. The third-order valence-corrected chi connectivity index (χ3v) is 10.7. The summed E-state index contributed by atoms with van der Waals surface area (Å²) in [6, 6.07) is 28.1. The first-order chi connectivity index (χ1) is 23.3. The zero-order valence-electron chi connectivity index (χ0n) is 27.1. The Labute approximate surface area is 287 Å². The minimum absolute atomic E-state index is 0.0741. The van der Waals surface area contributed by atoms with Crippen LogP contribution in [0.1, 0.15) is 41.1 Å². The molecular formula is C36H40FN3O7S2. The first-order valence-electron chi connectivity index (χ1n) is 16.0. The molecule has 4 aromatic carbocycles. The van der Waals surface area contributed by atoms with Gasteiger partial charge in [0.25, 0.3) is 20.2 Å². The number of fused-ring (bicyclic) bond motifs is 3. The fourth-order valence-corrected chi connectivity index (χ4v) is 7.61. The molecule has 4 aromatic rings. The Hall–Kier alpha value is -4.14. The first-order valence-corrected chi connectivity index (χ1v) is 18.9. The van der Waals surface area contributed by atoms with Crippen LogP contribution in [-0.2, 0) is 20.2 Å². The Morgan fingerprint density at radius 1 is 0.776 bits per heavy atom. The molecule has 3 aliphatic rings. The van der Waals surface area contributed by atoms with Crippen molar-refractivity contribution in [2.24, 2.45) is 0 Å². The lowest BCUT2D eigenvalue weighted by atomic mass is 9.89. The van der Waals surface area contributed by atoms with E-state index >= 15 is 0 Å². The van der Waals surface area contributed by atoms with E-state index in [-0.39, 0.29) is 21.4 Å². The number of para-hydroxylation sites is 1. The number of carbonyl (C=O) groups is 1. The van der Waals surface area contributed by atoms with Crippen LogP contribution in [0.15, 0.2) is 113 Å². The van der Waals surface area contributed by atoms with E-state index in [1.165, 1.54) is 59.8 Å². The Balaban J connectivity index is 0.000000191. The van der Waals surface area contributed by atoms with Gasteiger partial charge in [0.1, 0.15) is 5.82 Å². The number of likely N-dealkylation sites (tertiary alicyclic amines) is 1. The second kappa shape index (κ2) is 15.6. The van der Waals surface area contributed by atoms with Crippen molar-refractivity contribution in [3.8, 4) is 0 Å². The maximum absolute atomic E-state index is 13.0. The summed E-state index contributed by atoms with van der Waals surface area (Å²) in [5, 5.41) is 0. The Morgan fingerprint density at radius 2 is 1.37 bits per heavy atom. The number of ketones is 1. The number of hydrogen-bond donors (Lipinski definition) is 2. The molecule has 1 saturated heterocycles. The number of piperidine rings is 1. The lowest BCUT2D eigenvalue weighted by molar-refractivity contribution is 0.0971. The number of nitrogens with zero attached hydrogens (tertiary/aromatic N) is 3. The number of Topliss-reactive ketones (excluding diaryl/α,β-unsaturated/α-hetero) is 1. The van der Waals surface area contributed by atoms with Crippen LogP contribution in [0.25, 0.3) is 0 Å². The van der Waals surface area contributed by atoms with E-state index in [1.807, 2.05) is 0 Å². The van der Waals surface area contributed by atoms with Crippen LogP contribution in [0.4, 0.5) is 15.8 Å². The summed E-state index contributed by atoms with van der Waals surface area (Å²) in [7, 11) is -5.81. The average molecular weight is 710 g/mol. The largest absolute Gasteiger partial charge is 0.371 e. The van der Waals surface area contributed by atoms with Gasteiger partial charge < -0.3 is 14.7 Å². The minimum Gasteiger partial charge on any atom is -0.371 e. The summed E-state index contributed by atoms with van der Waals surface area (Å²) >= 11 is 0. The topological polar surface area (TPSA) is 136 Å². The first kappa shape index (κ1) is 36.1. The van der Waals surface area contributed by atoms with Crippen LogP contribution in [0, 0.1) is 5.82 Å². The number of anilines is 2. The number of carbonyl (C=O) groups excluding carboxylic acids is 1. The highest BCUT2D eigenvalue weighted by molar-refractivity contribution is 7.86. The van der Waals surface area contributed by atoms with Crippen molar-refractivity contribution < 1.29 is 35.1 Å². The molecule has 0 spiro atoms. The molecule has 2 atom stereocenters. The SMILES string of the molecule is CN1CCN2c3c(cccc31)[C@@H]1CN(CCCC(=O)c3ccc(F)cc3)CC[C@@H]12.O=S(=O)(O)c1ccccc1.O=S(=O)(O)c1ccccc1. The molecule has 3 aliphatic heterocycles. The highest BCUT2D eigenvalue weighted by Crippen LogP contribution is 2.50. The standard InChI is InChI=1S/C24H28FN3O.2C6H6O3S/c1-26-14-15-28-21-11-13-27(16-20(21)19-4-2-5-22(26)24(19)28)12-3-6-23(29)17-7-9-18(25)10-8-17;2*7-10(8,9)6-4-2-1-3-5-6/h2,4-5,7-10,20-21H,3,6,11-16H2,1H3;2*1-5H,(H,7,8,9)/t20-,21-;;/m0../s1. The van der Waals surface area contributed by atoms with Gasteiger partial charge in [-0.1, -0.05) is 48.5 Å². The van der Waals surface area contributed by atoms with Gasteiger partial charge in [-0.2, -0.15) is 16.8 Å². The molecule has 0 radical (unpaired) electrons. The van der Waals surface area contributed by atoms with Crippen LogP contribution >= 0.6 is 0 Å². The van der Waals surface area contributed by atoms with Gasteiger partial charge in [0.05, 0.1) is 21.2 Å². The summed E-state index contributed by atoms with van der Waals surface area (Å²) in [6.45, 7) is 5.33. The van der Waals surface area contributed by atoms with E-state index in [4.69, 9.17) is 9.11 Å². The average Bonchev–Trinajstić information content (AvgIpc) is 3.41. The maximum Gasteiger partial charge on any atom is 0.294 e. The Kier molecular flexibility index (Phi) is 11.5. The molecule has 49 heavy (non-hydrogen) atoms. The molecule has 0 aliphatic carbocycles. The molecular weight excluding hydrogens is 670 g/mol. The Bertz CT molecular complexity index is 1880. The quantitative estimate of drug-likeness (QED) is 0.180. The molecule has 0 amide bonds. The molecule has 0 unspecified atom stereocenters. The lowest BCUT2D eigenvalue weighted by Crippen LogP contribution is -2.49. The smallest absolute Gasteiger partial charge is 0.294 e. The van der Waals surface area contributed by atoms with Crippen molar-refractivity contribution in [2.45, 2.75) is 41.0 Å². The number of likely N-dealkylation sites (N-methyl/N-ethyl adjacent to an activating group) is 1. The zero-order valence-corrected chi connectivity index (χ0v) is 28.7. The summed E-state index contributed by atoms with van der Waals surface area (Å²) in [4.78, 5) is 19.8. The molecule has 2 N–H and O–H groups in total. The monoisotopic (exact) mass is 709 g/mol. The van der Waals surface area contributed by atoms with Crippen LogP contribution < -0.4 is 9.80 Å². The minimum atomic E-state index is -4.00. The second-order valence-electron chi connectivity index (χ2n) is 12.2. The van der Waals surface area contributed by atoms with Gasteiger partial charge >= 0.3 is 0 Å². The third-order valence-electron chi connectivity index (χ3n) is 9.01. The molecule has 1 fully saturated rings. The fourth-order valence-electron chi connectivity index (χ4n) is 6.61. The predicted octanol–water partition coefficient (Wildman–Crippen LogP) is 5.78. The molecule has 0 aromatic heterocycles. The van der Waals surface area contributed by atoms with Crippen molar-refractivity contribution in [1.29, 1.82) is 0 Å². The van der Waals surface area contributed by atoms with Crippen LogP contribution in [0.3, 0.4) is 0 Å². The normalized spacial score (nSPS) is 18.3. The molecule has 3 heterocycles. The van der Waals surface area contributed by atoms with Crippen molar-refractivity contribution >= 4 is 37.4 Å². The van der Waals surface area contributed by atoms with Gasteiger partial charge in [0.2, 0.25) is 0 Å². The van der Waals surface area contributed by atoms with E-state index in [2.05, 4.69) is 39.9 Å². The number of benzene rings is 4. The predicted molar refractivity (Wildman–Crippen MR) is 187 cm³/mol. The van der Waals surface area contributed by atoms with Gasteiger partial charge in [-0.15, -0.1) is 0 Å². The fraction of sp³-hybridized carbons (Fsp3) is 0.306. The second-order valence-corrected chi connectivity index (χ2v) is 15.0. The highest BCUT2D eigenvalue weighted by atomic mass is 32.2. The summed E-state index contributed by atoms with van der Waals surface area (Å²) in [5.74, 6) is 0.377. The lowest BCUT2D eigenvalue weighted by Gasteiger charge is -2.41. The van der Waals surface area contributed by atoms with E-state index in [0.29, 0.717) is 23.9 Å². The highest BCUT2D eigenvalue weighted by Gasteiger charge is 2.44. The molecule has 10 nitrogen and oxygen atoms in total.